The molecule has 0 amide bonds. The van der Waals surface area contributed by atoms with E-state index in [0.717, 1.165) is 25.0 Å². The van der Waals surface area contributed by atoms with Crippen LogP contribution in [0.5, 0.6) is 0 Å². The van der Waals surface area contributed by atoms with Crippen molar-refractivity contribution in [2.24, 2.45) is 0 Å². The standard InChI is InChI=1S/C12H18Cl2N2O2S2/c1-19-6-4-2-3-5-16-20(17,18)12-10(13)7-9(15)8-11(12)14/h7-8,16H,2-6,15H2,1H3. The monoisotopic (exact) mass is 356 g/mol. The summed E-state index contributed by atoms with van der Waals surface area (Å²) in [7, 11) is -3.71. The molecule has 1 rings (SSSR count). The molecule has 0 aliphatic carbocycles. The Bertz CT molecular complexity index is 527. The summed E-state index contributed by atoms with van der Waals surface area (Å²) in [5.74, 6) is 1.09. The van der Waals surface area contributed by atoms with Gasteiger partial charge in [0.25, 0.3) is 0 Å². The van der Waals surface area contributed by atoms with Crippen LogP contribution in [-0.2, 0) is 10.0 Å². The second-order valence-corrected chi connectivity index (χ2v) is 7.77. The SMILES string of the molecule is CSCCCCCNS(=O)(=O)c1c(Cl)cc(N)cc1Cl. The van der Waals surface area contributed by atoms with Crippen LogP contribution in [0.25, 0.3) is 0 Å². The Kier molecular flexibility index (Phi) is 7.47. The lowest BCUT2D eigenvalue weighted by Crippen LogP contribution is -2.25. The van der Waals surface area contributed by atoms with Crippen molar-refractivity contribution in [1.82, 2.24) is 4.72 Å². The van der Waals surface area contributed by atoms with Crippen molar-refractivity contribution in [2.45, 2.75) is 24.2 Å². The highest BCUT2D eigenvalue weighted by atomic mass is 35.5. The summed E-state index contributed by atoms with van der Waals surface area (Å²) >= 11 is 13.6. The first-order chi connectivity index (χ1) is 9.38. The first-order valence-corrected chi connectivity index (χ1v) is 9.75. The highest BCUT2D eigenvalue weighted by Gasteiger charge is 2.21. The number of hydrogen-bond donors (Lipinski definition) is 2. The Morgan fingerprint density at radius 2 is 1.80 bits per heavy atom. The van der Waals surface area contributed by atoms with Gasteiger partial charge in [0.15, 0.2) is 0 Å². The Morgan fingerprint density at radius 3 is 2.35 bits per heavy atom. The normalized spacial score (nSPS) is 11.8. The van der Waals surface area contributed by atoms with E-state index in [0.29, 0.717) is 12.2 Å². The number of thioether (sulfide) groups is 1. The van der Waals surface area contributed by atoms with Gasteiger partial charge < -0.3 is 5.73 Å². The van der Waals surface area contributed by atoms with E-state index in [9.17, 15) is 8.42 Å². The van der Waals surface area contributed by atoms with Gasteiger partial charge in [-0.3, -0.25) is 0 Å². The van der Waals surface area contributed by atoms with Crippen LogP contribution >= 0.6 is 35.0 Å². The molecule has 0 fully saturated rings. The summed E-state index contributed by atoms with van der Waals surface area (Å²) in [6.45, 7) is 0.369. The maximum absolute atomic E-state index is 12.1. The minimum atomic E-state index is -3.71. The van der Waals surface area contributed by atoms with Crippen molar-refractivity contribution < 1.29 is 8.42 Å². The van der Waals surface area contributed by atoms with E-state index >= 15 is 0 Å². The van der Waals surface area contributed by atoms with Crippen LogP contribution in [0, 0.1) is 0 Å². The van der Waals surface area contributed by atoms with Crippen molar-refractivity contribution in [3.63, 3.8) is 0 Å². The van der Waals surface area contributed by atoms with Gasteiger partial charge in [-0.05, 0) is 37.0 Å². The Morgan fingerprint density at radius 1 is 1.20 bits per heavy atom. The van der Waals surface area contributed by atoms with E-state index in [2.05, 4.69) is 4.72 Å². The molecule has 20 heavy (non-hydrogen) atoms. The number of nitrogens with two attached hydrogens (primary N) is 1. The predicted molar refractivity (Wildman–Crippen MR) is 88.3 cm³/mol. The van der Waals surface area contributed by atoms with Crippen molar-refractivity contribution in [3.05, 3.63) is 22.2 Å². The average Bonchev–Trinajstić information content (AvgIpc) is 2.31. The third-order valence-electron chi connectivity index (χ3n) is 2.61. The molecule has 0 aliphatic rings. The summed E-state index contributed by atoms with van der Waals surface area (Å²) in [5.41, 5.74) is 5.88. The van der Waals surface area contributed by atoms with E-state index < -0.39 is 10.0 Å². The fourth-order valence-corrected chi connectivity index (χ4v) is 4.46. The van der Waals surface area contributed by atoms with Gasteiger partial charge in [-0.2, -0.15) is 11.8 Å². The minimum Gasteiger partial charge on any atom is -0.399 e. The molecule has 0 aromatic heterocycles. The largest absolute Gasteiger partial charge is 0.399 e. The first kappa shape index (κ1) is 17.9. The lowest BCUT2D eigenvalue weighted by Gasteiger charge is -2.10. The smallest absolute Gasteiger partial charge is 0.243 e. The molecule has 0 unspecified atom stereocenters. The quantitative estimate of drug-likeness (QED) is 0.553. The Balaban J connectivity index is 2.66. The molecule has 3 N–H and O–H groups in total. The summed E-state index contributed by atoms with van der Waals surface area (Å²) in [5, 5.41) is 0.0646. The van der Waals surface area contributed by atoms with Crippen LogP contribution < -0.4 is 10.5 Å². The van der Waals surface area contributed by atoms with E-state index in [4.69, 9.17) is 28.9 Å². The van der Waals surface area contributed by atoms with Crippen LogP contribution in [0.4, 0.5) is 5.69 Å². The molecule has 8 heteroatoms. The molecule has 0 saturated heterocycles. The molecule has 0 atom stereocenters. The van der Waals surface area contributed by atoms with Gasteiger partial charge in [0, 0.05) is 12.2 Å². The Labute approximate surface area is 134 Å². The van der Waals surface area contributed by atoms with E-state index in [1.807, 2.05) is 6.26 Å². The summed E-state index contributed by atoms with van der Waals surface area (Å²) in [6.07, 6.45) is 4.89. The van der Waals surface area contributed by atoms with Crippen LogP contribution in [0.2, 0.25) is 10.0 Å². The topological polar surface area (TPSA) is 72.2 Å². The van der Waals surface area contributed by atoms with E-state index in [-0.39, 0.29) is 14.9 Å². The van der Waals surface area contributed by atoms with E-state index in [1.54, 1.807) is 11.8 Å². The number of rotatable bonds is 8. The molecule has 0 aliphatic heterocycles. The molecule has 0 radical (unpaired) electrons. The number of sulfonamides is 1. The van der Waals surface area contributed by atoms with Gasteiger partial charge in [0.2, 0.25) is 10.0 Å². The third kappa shape index (κ3) is 5.33. The first-order valence-electron chi connectivity index (χ1n) is 6.11. The molecule has 0 spiro atoms. The molecule has 114 valence electrons. The van der Waals surface area contributed by atoms with E-state index in [1.165, 1.54) is 12.1 Å². The number of nitrogens with one attached hydrogen (secondary N) is 1. The molecule has 1 aromatic carbocycles. The second-order valence-electron chi connectivity index (χ2n) is 4.26. The average molecular weight is 357 g/mol. The zero-order valence-electron chi connectivity index (χ0n) is 11.2. The Hall–Kier alpha value is -0.140. The molecule has 4 nitrogen and oxygen atoms in total. The van der Waals surface area contributed by atoms with Crippen molar-refractivity contribution >= 4 is 50.7 Å². The van der Waals surface area contributed by atoms with Crippen LogP contribution in [-0.4, -0.2) is 27.0 Å². The fourth-order valence-electron chi connectivity index (χ4n) is 1.66. The van der Waals surface area contributed by atoms with Gasteiger partial charge in [-0.1, -0.05) is 29.6 Å². The van der Waals surface area contributed by atoms with Crippen LogP contribution in [0.1, 0.15) is 19.3 Å². The maximum Gasteiger partial charge on any atom is 0.243 e. The zero-order chi connectivity index (χ0) is 15.2. The lowest BCUT2D eigenvalue weighted by atomic mass is 10.2. The number of unbranched alkanes of at least 4 members (excludes halogenated alkanes) is 2. The summed E-state index contributed by atoms with van der Waals surface area (Å²) in [6, 6.07) is 2.75. The van der Waals surface area contributed by atoms with Crippen molar-refractivity contribution in [3.8, 4) is 0 Å². The zero-order valence-corrected chi connectivity index (χ0v) is 14.3. The van der Waals surface area contributed by atoms with Gasteiger partial charge in [-0.15, -0.1) is 0 Å². The van der Waals surface area contributed by atoms with Gasteiger partial charge in [0.05, 0.1) is 10.0 Å². The maximum atomic E-state index is 12.1. The van der Waals surface area contributed by atoms with Gasteiger partial charge >= 0.3 is 0 Å². The molecule has 0 saturated carbocycles. The third-order valence-corrected chi connectivity index (χ3v) is 5.69. The number of benzene rings is 1. The molecular formula is C12H18Cl2N2O2S2. The van der Waals surface area contributed by atoms with Gasteiger partial charge in [0.1, 0.15) is 4.90 Å². The number of halogens is 2. The minimum absolute atomic E-state index is 0.0323. The van der Waals surface area contributed by atoms with Crippen LogP contribution in [0.3, 0.4) is 0 Å². The summed E-state index contributed by atoms with van der Waals surface area (Å²) < 4.78 is 26.8. The van der Waals surface area contributed by atoms with Crippen molar-refractivity contribution in [1.29, 1.82) is 0 Å². The van der Waals surface area contributed by atoms with Crippen molar-refractivity contribution in [2.75, 3.05) is 24.3 Å². The highest BCUT2D eigenvalue weighted by molar-refractivity contribution is 7.98. The number of nitrogen functional groups attached to an aromatic ring is 1. The molecule has 0 heterocycles. The van der Waals surface area contributed by atoms with Crippen LogP contribution in [0.15, 0.2) is 17.0 Å². The highest BCUT2D eigenvalue weighted by Crippen LogP contribution is 2.31. The fraction of sp³-hybridized carbons (Fsp3) is 0.500. The molecular weight excluding hydrogens is 339 g/mol. The van der Waals surface area contributed by atoms with Gasteiger partial charge in [-0.25, -0.2) is 13.1 Å². The summed E-state index contributed by atoms with van der Waals surface area (Å²) in [4.78, 5) is -0.112. The molecule has 0 bridgehead atoms. The molecule has 1 aromatic rings. The second kappa shape index (κ2) is 8.34. The predicted octanol–water partition coefficient (Wildman–Crippen LogP) is 3.39. The lowest BCUT2D eigenvalue weighted by molar-refractivity contribution is 0.576. The number of hydrogen-bond acceptors (Lipinski definition) is 4. The number of anilines is 1.